The van der Waals surface area contributed by atoms with E-state index in [2.05, 4.69) is 53.6 Å². The topological polar surface area (TPSA) is 44.4 Å². The van der Waals surface area contributed by atoms with Gasteiger partial charge in [0.15, 0.2) is 0 Å². The van der Waals surface area contributed by atoms with Gasteiger partial charge in [0.1, 0.15) is 0 Å². The lowest BCUT2D eigenvalue weighted by molar-refractivity contribution is -0.126. The molecule has 0 radical (unpaired) electrons. The van der Waals surface area contributed by atoms with Crippen molar-refractivity contribution < 1.29 is 4.79 Å². The number of hydrogen-bond donors (Lipinski definition) is 2. The summed E-state index contributed by atoms with van der Waals surface area (Å²) in [6.45, 7) is 8.17. The van der Waals surface area contributed by atoms with E-state index in [1.54, 1.807) is 0 Å². The fourth-order valence-electron chi connectivity index (χ4n) is 3.79. The van der Waals surface area contributed by atoms with E-state index in [0.29, 0.717) is 12.1 Å². The Balaban J connectivity index is 1.48. The number of benzene rings is 1. The van der Waals surface area contributed by atoms with Crippen LogP contribution in [-0.4, -0.2) is 42.5 Å². The smallest absolute Gasteiger partial charge is 0.223 e. The fraction of sp³-hybridized carbons (Fsp3) is 0.632. The Bertz CT molecular complexity index is 545. The van der Waals surface area contributed by atoms with Gasteiger partial charge in [-0.15, -0.1) is 0 Å². The summed E-state index contributed by atoms with van der Waals surface area (Å²) >= 11 is 0. The molecule has 0 aromatic heterocycles. The van der Waals surface area contributed by atoms with E-state index in [1.165, 1.54) is 11.1 Å². The SMILES string of the molecule is CC(CNC(=O)[C@H]1CCN[C@@H](C)C1)N1CCc2ccccc2C1. The summed E-state index contributed by atoms with van der Waals surface area (Å²) in [7, 11) is 0. The molecule has 3 atom stereocenters. The summed E-state index contributed by atoms with van der Waals surface area (Å²) in [5.74, 6) is 0.420. The molecule has 1 amide bonds. The molecule has 0 bridgehead atoms. The molecule has 4 nitrogen and oxygen atoms in total. The van der Waals surface area contributed by atoms with E-state index in [0.717, 1.165) is 45.4 Å². The van der Waals surface area contributed by atoms with Gasteiger partial charge >= 0.3 is 0 Å². The summed E-state index contributed by atoms with van der Waals surface area (Å²) < 4.78 is 0. The number of nitrogens with one attached hydrogen (secondary N) is 2. The highest BCUT2D eigenvalue weighted by atomic mass is 16.1. The molecule has 2 heterocycles. The molecule has 1 saturated heterocycles. The lowest BCUT2D eigenvalue weighted by Gasteiger charge is -2.34. The van der Waals surface area contributed by atoms with Crippen molar-refractivity contribution in [3.63, 3.8) is 0 Å². The second-order valence-electron chi connectivity index (χ2n) is 7.16. The Morgan fingerprint density at radius 1 is 1.39 bits per heavy atom. The molecule has 23 heavy (non-hydrogen) atoms. The zero-order valence-electron chi connectivity index (χ0n) is 14.3. The minimum Gasteiger partial charge on any atom is -0.354 e. The number of rotatable bonds is 4. The van der Waals surface area contributed by atoms with Gasteiger partial charge in [0.25, 0.3) is 0 Å². The van der Waals surface area contributed by atoms with Crippen LogP contribution in [0.5, 0.6) is 0 Å². The largest absolute Gasteiger partial charge is 0.354 e. The molecule has 1 aromatic rings. The van der Waals surface area contributed by atoms with Crippen molar-refractivity contribution in [3.05, 3.63) is 35.4 Å². The molecule has 0 spiro atoms. The molecule has 0 saturated carbocycles. The van der Waals surface area contributed by atoms with E-state index < -0.39 is 0 Å². The van der Waals surface area contributed by atoms with Gasteiger partial charge in [0, 0.05) is 37.6 Å². The lowest BCUT2D eigenvalue weighted by atomic mass is 9.92. The number of fused-ring (bicyclic) bond motifs is 1. The molecule has 2 N–H and O–H groups in total. The first kappa shape index (κ1) is 16.5. The van der Waals surface area contributed by atoms with E-state index in [9.17, 15) is 4.79 Å². The Kier molecular flexibility index (Phi) is 5.34. The van der Waals surface area contributed by atoms with Gasteiger partial charge in [-0.05, 0) is 50.8 Å². The van der Waals surface area contributed by atoms with Crippen molar-refractivity contribution in [1.29, 1.82) is 0 Å². The summed E-state index contributed by atoms with van der Waals surface area (Å²) in [6, 6.07) is 9.54. The zero-order valence-corrected chi connectivity index (χ0v) is 14.3. The minimum atomic E-state index is 0.181. The van der Waals surface area contributed by atoms with Crippen LogP contribution >= 0.6 is 0 Å². The van der Waals surface area contributed by atoms with Crippen LogP contribution in [0.4, 0.5) is 0 Å². The van der Waals surface area contributed by atoms with Crippen molar-refractivity contribution in [2.24, 2.45) is 5.92 Å². The maximum atomic E-state index is 12.4. The monoisotopic (exact) mass is 315 g/mol. The van der Waals surface area contributed by atoms with Gasteiger partial charge in [0.2, 0.25) is 5.91 Å². The lowest BCUT2D eigenvalue weighted by Crippen LogP contribution is -2.47. The third-order valence-electron chi connectivity index (χ3n) is 5.35. The third-order valence-corrected chi connectivity index (χ3v) is 5.35. The first-order valence-corrected chi connectivity index (χ1v) is 8.95. The van der Waals surface area contributed by atoms with E-state index in [-0.39, 0.29) is 11.8 Å². The van der Waals surface area contributed by atoms with Crippen molar-refractivity contribution in [2.75, 3.05) is 19.6 Å². The van der Waals surface area contributed by atoms with Crippen LogP contribution in [-0.2, 0) is 17.8 Å². The normalized spacial score (nSPS) is 26.3. The highest BCUT2D eigenvalue weighted by Gasteiger charge is 2.26. The molecule has 2 aliphatic heterocycles. The molecule has 0 aliphatic carbocycles. The van der Waals surface area contributed by atoms with Crippen LogP contribution < -0.4 is 10.6 Å². The summed E-state index contributed by atoms with van der Waals surface area (Å²) in [5.41, 5.74) is 2.91. The van der Waals surface area contributed by atoms with Gasteiger partial charge in [-0.1, -0.05) is 24.3 Å². The first-order chi connectivity index (χ1) is 11.1. The molecular weight excluding hydrogens is 286 g/mol. The Hall–Kier alpha value is -1.39. The van der Waals surface area contributed by atoms with Gasteiger partial charge < -0.3 is 10.6 Å². The average Bonchev–Trinajstić information content (AvgIpc) is 2.59. The fourth-order valence-corrected chi connectivity index (χ4v) is 3.79. The van der Waals surface area contributed by atoms with Crippen molar-refractivity contribution >= 4 is 5.91 Å². The quantitative estimate of drug-likeness (QED) is 0.892. The van der Waals surface area contributed by atoms with Gasteiger partial charge in [-0.25, -0.2) is 0 Å². The van der Waals surface area contributed by atoms with E-state index in [1.807, 2.05) is 0 Å². The minimum absolute atomic E-state index is 0.181. The molecule has 3 rings (SSSR count). The number of nitrogens with zero attached hydrogens (tertiary/aromatic N) is 1. The van der Waals surface area contributed by atoms with Crippen LogP contribution in [0.1, 0.15) is 37.8 Å². The zero-order chi connectivity index (χ0) is 16.2. The maximum Gasteiger partial charge on any atom is 0.223 e. The van der Waals surface area contributed by atoms with Crippen LogP contribution in [0.2, 0.25) is 0 Å². The molecule has 2 aliphatic rings. The van der Waals surface area contributed by atoms with Crippen LogP contribution in [0.25, 0.3) is 0 Å². The number of hydrogen-bond acceptors (Lipinski definition) is 3. The van der Waals surface area contributed by atoms with Crippen LogP contribution in [0, 0.1) is 5.92 Å². The second-order valence-corrected chi connectivity index (χ2v) is 7.16. The summed E-state index contributed by atoms with van der Waals surface area (Å²) in [6.07, 6.45) is 3.03. The number of amides is 1. The first-order valence-electron chi connectivity index (χ1n) is 8.95. The predicted molar refractivity (Wildman–Crippen MR) is 93.2 cm³/mol. The van der Waals surface area contributed by atoms with Gasteiger partial charge in [0.05, 0.1) is 0 Å². The summed E-state index contributed by atoms with van der Waals surface area (Å²) in [4.78, 5) is 14.9. The highest BCUT2D eigenvalue weighted by Crippen LogP contribution is 2.20. The number of carbonyl (C=O) groups is 1. The predicted octanol–water partition coefficient (Wildman–Crippen LogP) is 1.94. The molecule has 4 heteroatoms. The standard InChI is InChI=1S/C19H29N3O/c1-14-11-17(7-9-20-14)19(23)21-12-15(2)22-10-8-16-5-3-4-6-18(16)13-22/h3-6,14-15,17,20H,7-13H2,1-2H3,(H,21,23)/t14-,15?,17-/m0/s1. The second kappa shape index (κ2) is 7.45. The summed E-state index contributed by atoms with van der Waals surface area (Å²) in [5, 5.41) is 6.59. The molecular formula is C19H29N3O. The number of carbonyl (C=O) groups excluding carboxylic acids is 1. The molecule has 1 aromatic carbocycles. The Morgan fingerprint density at radius 3 is 2.96 bits per heavy atom. The number of piperidine rings is 1. The maximum absolute atomic E-state index is 12.4. The van der Waals surface area contributed by atoms with E-state index in [4.69, 9.17) is 0 Å². The van der Waals surface area contributed by atoms with Gasteiger partial charge in [-0.3, -0.25) is 9.69 Å². The average molecular weight is 315 g/mol. The Morgan fingerprint density at radius 2 is 2.17 bits per heavy atom. The van der Waals surface area contributed by atoms with Crippen molar-refractivity contribution in [2.45, 2.75) is 51.7 Å². The van der Waals surface area contributed by atoms with Crippen molar-refractivity contribution in [3.8, 4) is 0 Å². The Labute approximate surface area is 139 Å². The van der Waals surface area contributed by atoms with Crippen molar-refractivity contribution in [1.82, 2.24) is 15.5 Å². The van der Waals surface area contributed by atoms with Crippen LogP contribution in [0.3, 0.4) is 0 Å². The van der Waals surface area contributed by atoms with Gasteiger partial charge in [-0.2, -0.15) is 0 Å². The molecule has 1 fully saturated rings. The molecule has 1 unspecified atom stereocenters. The van der Waals surface area contributed by atoms with E-state index >= 15 is 0 Å². The highest BCUT2D eigenvalue weighted by molar-refractivity contribution is 5.78. The third kappa shape index (κ3) is 4.12. The molecule has 126 valence electrons. The van der Waals surface area contributed by atoms with Crippen LogP contribution in [0.15, 0.2) is 24.3 Å².